The molecule has 0 aliphatic heterocycles. The van der Waals surface area contributed by atoms with Crippen molar-refractivity contribution in [3.8, 4) is 5.75 Å². The molecular weight excluding hydrogens is 330 g/mol. The fourth-order valence-corrected chi connectivity index (χ4v) is 2.07. The van der Waals surface area contributed by atoms with Gasteiger partial charge in [0, 0.05) is 39.4 Å². The van der Waals surface area contributed by atoms with E-state index in [0.29, 0.717) is 31.5 Å². The number of methoxy groups -OCH3 is 1. The first kappa shape index (κ1) is 20.5. The number of nitrogens with zero attached hydrogens (tertiary/aromatic N) is 2. The standard InChI is InChI=1S/C17H28ClN3O3/c1-19-17(20-9-4-11-23-14-13-22-3)21(2)10-12-24-16-7-5-15(18)6-8-16/h5-8H,4,9-14H2,1-3H3,(H,19,20). The maximum Gasteiger partial charge on any atom is 0.193 e. The second kappa shape index (κ2) is 12.9. The zero-order valence-corrected chi connectivity index (χ0v) is 15.5. The zero-order valence-electron chi connectivity index (χ0n) is 14.8. The highest BCUT2D eigenvalue weighted by Crippen LogP contribution is 2.15. The fraction of sp³-hybridized carbons (Fsp3) is 0.588. The average molecular weight is 358 g/mol. The van der Waals surface area contributed by atoms with Crippen LogP contribution in [0.5, 0.6) is 5.75 Å². The number of nitrogens with one attached hydrogen (secondary N) is 1. The lowest BCUT2D eigenvalue weighted by Crippen LogP contribution is -2.41. The number of hydrogen-bond acceptors (Lipinski definition) is 4. The van der Waals surface area contributed by atoms with E-state index in [9.17, 15) is 0 Å². The van der Waals surface area contributed by atoms with Crippen LogP contribution in [0, 0.1) is 0 Å². The van der Waals surface area contributed by atoms with Crippen molar-refractivity contribution in [1.29, 1.82) is 0 Å². The van der Waals surface area contributed by atoms with E-state index >= 15 is 0 Å². The van der Waals surface area contributed by atoms with Crippen molar-refractivity contribution in [2.45, 2.75) is 6.42 Å². The van der Waals surface area contributed by atoms with Crippen molar-refractivity contribution in [2.24, 2.45) is 4.99 Å². The van der Waals surface area contributed by atoms with E-state index in [1.807, 2.05) is 36.2 Å². The van der Waals surface area contributed by atoms with E-state index in [1.54, 1.807) is 14.2 Å². The van der Waals surface area contributed by atoms with Crippen LogP contribution in [0.4, 0.5) is 0 Å². The molecular formula is C17H28ClN3O3. The summed E-state index contributed by atoms with van der Waals surface area (Å²) in [4.78, 5) is 6.30. The number of guanidine groups is 1. The number of rotatable bonds is 11. The van der Waals surface area contributed by atoms with Crippen LogP contribution in [0.2, 0.25) is 5.02 Å². The van der Waals surface area contributed by atoms with Gasteiger partial charge in [0.05, 0.1) is 19.8 Å². The minimum atomic E-state index is 0.568. The molecule has 0 spiro atoms. The molecule has 0 fully saturated rings. The van der Waals surface area contributed by atoms with Gasteiger partial charge in [-0.15, -0.1) is 0 Å². The molecule has 1 aromatic rings. The van der Waals surface area contributed by atoms with Crippen LogP contribution in [0.3, 0.4) is 0 Å². The minimum absolute atomic E-state index is 0.568. The molecule has 0 amide bonds. The van der Waals surface area contributed by atoms with Crippen LogP contribution in [-0.4, -0.2) is 71.6 Å². The van der Waals surface area contributed by atoms with E-state index < -0.39 is 0 Å². The van der Waals surface area contributed by atoms with E-state index in [-0.39, 0.29) is 0 Å². The van der Waals surface area contributed by atoms with Crippen LogP contribution in [0.15, 0.2) is 29.3 Å². The van der Waals surface area contributed by atoms with Crippen molar-refractivity contribution >= 4 is 17.6 Å². The molecule has 24 heavy (non-hydrogen) atoms. The topological polar surface area (TPSA) is 55.3 Å². The van der Waals surface area contributed by atoms with Crippen molar-refractivity contribution in [2.75, 3.05) is 60.7 Å². The Hall–Kier alpha value is -1.50. The molecule has 0 atom stereocenters. The van der Waals surface area contributed by atoms with Gasteiger partial charge in [-0.25, -0.2) is 0 Å². The van der Waals surface area contributed by atoms with Gasteiger partial charge in [-0.1, -0.05) is 11.6 Å². The van der Waals surface area contributed by atoms with Gasteiger partial charge in [-0.2, -0.15) is 0 Å². The highest BCUT2D eigenvalue weighted by Gasteiger charge is 2.05. The second-order valence-electron chi connectivity index (χ2n) is 5.16. The molecule has 0 unspecified atom stereocenters. The summed E-state index contributed by atoms with van der Waals surface area (Å²) in [7, 11) is 5.42. The van der Waals surface area contributed by atoms with Crippen LogP contribution in [0.25, 0.3) is 0 Å². The van der Waals surface area contributed by atoms with Crippen molar-refractivity contribution < 1.29 is 14.2 Å². The van der Waals surface area contributed by atoms with Gasteiger partial charge < -0.3 is 24.4 Å². The van der Waals surface area contributed by atoms with Crippen LogP contribution in [0.1, 0.15) is 6.42 Å². The van der Waals surface area contributed by atoms with Crippen LogP contribution in [-0.2, 0) is 9.47 Å². The van der Waals surface area contributed by atoms with Gasteiger partial charge in [0.1, 0.15) is 12.4 Å². The number of ether oxygens (including phenoxy) is 3. The third kappa shape index (κ3) is 8.96. The molecule has 7 heteroatoms. The minimum Gasteiger partial charge on any atom is -0.492 e. The van der Waals surface area contributed by atoms with Crippen LogP contribution >= 0.6 is 11.6 Å². The highest BCUT2D eigenvalue weighted by molar-refractivity contribution is 6.30. The summed E-state index contributed by atoms with van der Waals surface area (Å²) in [6.07, 6.45) is 0.915. The summed E-state index contributed by atoms with van der Waals surface area (Å²) in [6.45, 7) is 4.07. The predicted octanol–water partition coefficient (Wildman–Crippen LogP) is 2.28. The Bertz CT molecular complexity index is 469. The molecule has 0 aromatic heterocycles. The normalized spacial score (nSPS) is 11.4. The monoisotopic (exact) mass is 357 g/mol. The molecule has 1 rings (SSSR count). The SMILES string of the molecule is CN=C(NCCCOCCOC)N(C)CCOc1ccc(Cl)cc1. The first-order valence-corrected chi connectivity index (χ1v) is 8.42. The largest absolute Gasteiger partial charge is 0.492 e. The first-order valence-electron chi connectivity index (χ1n) is 8.04. The van der Waals surface area contributed by atoms with Gasteiger partial charge in [0.15, 0.2) is 5.96 Å². The molecule has 0 aliphatic carbocycles. The van der Waals surface area contributed by atoms with Crippen molar-refractivity contribution in [3.63, 3.8) is 0 Å². The van der Waals surface area contributed by atoms with Gasteiger partial charge in [-0.3, -0.25) is 4.99 Å². The molecule has 0 aliphatic rings. The Morgan fingerprint density at radius 2 is 1.92 bits per heavy atom. The molecule has 1 aromatic carbocycles. The molecule has 1 N–H and O–H groups in total. The predicted molar refractivity (Wildman–Crippen MR) is 98.3 cm³/mol. The molecule has 0 saturated heterocycles. The lowest BCUT2D eigenvalue weighted by molar-refractivity contribution is 0.0698. The number of likely N-dealkylation sites (N-methyl/N-ethyl adjacent to an activating group) is 1. The Morgan fingerprint density at radius 1 is 1.17 bits per heavy atom. The maximum absolute atomic E-state index is 5.85. The molecule has 6 nitrogen and oxygen atoms in total. The third-order valence-corrected chi connectivity index (χ3v) is 3.51. The summed E-state index contributed by atoms with van der Waals surface area (Å²) < 4.78 is 16.0. The molecule has 136 valence electrons. The number of hydrogen-bond donors (Lipinski definition) is 1. The summed E-state index contributed by atoms with van der Waals surface area (Å²) in [5, 5.41) is 4.01. The van der Waals surface area contributed by atoms with Gasteiger partial charge in [0.25, 0.3) is 0 Å². The maximum atomic E-state index is 5.85. The summed E-state index contributed by atoms with van der Waals surface area (Å²) in [6, 6.07) is 7.35. The highest BCUT2D eigenvalue weighted by atomic mass is 35.5. The number of benzene rings is 1. The van der Waals surface area contributed by atoms with Crippen LogP contribution < -0.4 is 10.1 Å². The zero-order chi connectivity index (χ0) is 17.6. The summed E-state index contributed by atoms with van der Waals surface area (Å²) >= 11 is 5.85. The van der Waals surface area contributed by atoms with Gasteiger partial charge in [0.2, 0.25) is 0 Å². The summed E-state index contributed by atoms with van der Waals surface area (Å²) in [5.74, 6) is 1.65. The molecule has 0 bridgehead atoms. The third-order valence-electron chi connectivity index (χ3n) is 3.26. The number of aliphatic imine (C=N–C) groups is 1. The quantitative estimate of drug-likeness (QED) is 0.374. The molecule has 0 radical (unpaired) electrons. The smallest absolute Gasteiger partial charge is 0.193 e. The Labute approximate surface area is 149 Å². The van der Waals surface area contributed by atoms with E-state index in [1.165, 1.54) is 0 Å². The summed E-state index contributed by atoms with van der Waals surface area (Å²) in [5.41, 5.74) is 0. The lowest BCUT2D eigenvalue weighted by Gasteiger charge is -2.22. The van der Waals surface area contributed by atoms with E-state index in [4.69, 9.17) is 25.8 Å². The van der Waals surface area contributed by atoms with Gasteiger partial charge in [-0.05, 0) is 30.7 Å². The van der Waals surface area contributed by atoms with E-state index in [2.05, 4.69) is 10.3 Å². The Kier molecular flexibility index (Phi) is 11.0. The number of halogens is 1. The fourth-order valence-electron chi connectivity index (χ4n) is 1.94. The molecule has 0 saturated carbocycles. The first-order chi connectivity index (χ1) is 11.7. The second-order valence-corrected chi connectivity index (χ2v) is 5.59. The van der Waals surface area contributed by atoms with E-state index in [0.717, 1.165) is 31.2 Å². The van der Waals surface area contributed by atoms with Crippen molar-refractivity contribution in [1.82, 2.24) is 10.2 Å². The average Bonchev–Trinajstić information content (AvgIpc) is 2.59. The lowest BCUT2D eigenvalue weighted by atomic mass is 10.3. The van der Waals surface area contributed by atoms with Crippen molar-refractivity contribution in [3.05, 3.63) is 29.3 Å². The molecule has 0 heterocycles. The Morgan fingerprint density at radius 3 is 2.58 bits per heavy atom. The van der Waals surface area contributed by atoms with Gasteiger partial charge >= 0.3 is 0 Å². The Balaban J connectivity index is 2.16.